The number of nitrogens with two attached hydrogens (primary N) is 1. The quantitative estimate of drug-likeness (QED) is 0.0869. The standard InChI is InChI=1S/C25H41N7O5S.HI/c1-14-20-19(15(2)29-18(33)13-27-3)24(35)31(20)21(25(36)37)22(14)38-16-11-17(28-12-16)23(34)30-6-9-32(4,8-5-26)10-7-30;/h14-17,19-20,27-28H,5-13,26H2,1-4H3,(H-,29,33,36,37);1H/t14-,15?,16+,17+,19-,20-;/m1./s1. The molecule has 4 aliphatic rings. The fraction of sp³-hybridized carbons (Fsp3) is 0.760. The first-order valence-corrected chi connectivity index (χ1v) is 14.4. The molecule has 0 aromatic carbocycles. The molecule has 0 spiro atoms. The fourth-order valence-corrected chi connectivity index (χ4v) is 7.82. The molecule has 4 heterocycles. The lowest BCUT2D eigenvalue weighted by atomic mass is 9.78. The van der Waals surface area contributed by atoms with Crippen LogP contribution in [0.25, 0.3) is 0 Å². The van der Waals surface area contributed by atoms with Gasteiger partial charge >= 0.3 is 5.97 Å². The number of thioether (sulfide) groups is 1. The van der Waals surface area contributed by atoms with Gasteiger partial charge in [0.2, 0.25) is 17.7 Å². The molecular formula is C25H42IN7O5S. The second kappa shape index (κ2) is 13.0. The number of piperazine rings is 1. The predicted octanol–water partition coefficient (Wildman–Crippen LogP) is -4.80. The smallest absolute Gasteiger partial charge is 0.353 e. The minimum atomic E-state index is -1.12. The molecule has 0 aromatic heterocycles. The summed E-state index contributed by atoms with van der Waals surface area (Å²) < 4.78 is 0.885. The Balaban J connectivity index is 0.00000420. The van der Waals surface area contributed by atoms with E-state index in [0.29, 0.717) is 37.5 Å². The number of carbonyl (C=O) groups is 4. The van der Waals surface area contributed by atoms with Gasteiger partial charge < -0.3 is 65.1 Å². The van der Waals surface area contributed by atoms with E-state index in [1.54, 1.807) is 14.0 Å². The van der Waals surface area contributed by atoms with Gasteiger partial charge in [0.15, 0.2) is 0 Å². The summed E-state index contributed by atoms with van der Waals surface area (Å²) in [5, 5.41) is 19.0. The molecule has 1 unspecified atom stereocenters. The second-order valence-corrected chi connectivity index (χ2v) is 12.6. The summed E-state index contributed by atoms with van der Waals surface area (Å²) in [6.45, 7) is 9.22. The highest BCUT2D eigenvalue weighted by molar-refractivity contribution is 8.03. The summed E-state index contributed by atoms with van der Waals surface area (Å²) in [5.74, 6) is -2.14. The highest BCUT2D eigenvalue weighted by Crippen LogP contribution is 2.51. The number of carbonyl (C=O) groups excluding carboxylic acids is 3. The summed E-state index contributed by atoms with van der Waals surface area (Å²) >= 11 is 1.48. The minimum absolute atomic E-state index is 0. The number of nitrogens with one attached hydrogen (secondary N) is 3. The molecule has 0 radical (unpaired) electrons. The van der Waals surface area contributed by atoms with Gasteiger partial charge in [-0.25, -0.2) is 4.79 Å². The first-order valence-electron chi connectivity index (χ1n) is 13.5. The molecule has 3 saturated heterocycles. The van der Waals surface area contributed by atoms with Crippen LogP contribution in [0.4, 0.5) is 0 Å². The van der Waals surface area contributed by atoms with Gasteiger partial charge in [0, 0.05) is 35.2 Å². The van der Waals surface area contributed by atoms with Crippen LogP contribution < -0.4 is 45.7 Å². The maximum Gasteiger partial charge on any atom is 0.353 e. The molecule has 3 amide bonds. The van der Waals surface area contributed by atoms with Gasteiger partial charge in [-0.1, -0.05) is 6.92 Å². The van der Waals surface area contributed by atoms with Crippen LogP contribution in [0.15, 0.2) is 10.6 Å². The number of likely N-dealkylation sites (N-methyl/N-ethyl adjacent to an activating group) is 2. The Bertz CT molecular complexity index is 1010. The number of aliphatic carboxylic acids is 1. The van der Waals surface area contributed by atoms with Crippen LogP contribution in [0, 0.1) is 11.8 Å². The number of halogens is 1. The number of rotatable bonds is 10. The molecule has 0 saturated carbocycles. The van der Waals surface area contributed by atoms with Gasteiger partial charge in [-0.15, -0.1) is 11.8 Å². The molecule has 6 atom stereocenters. The van der Waals surface area contributed by atoms with Crippen molar-refractivity contribution < 1.29 is 52.7 Å². The van der Waals surface area contributed by atoms with Crippen LogP contribution in [0.3, 0.4) is 0 Å². The van der Waals surface area contributed by atoms with Crippen LogP contribution in [0.1, 0.15) is 20.3 Å². The Morgan fingerprint density at radius 1 is 1.28 bits per heavy atom. The van der Waals surface area contributed by atoms with Crippen LogP contribution in [-0.4, -0.2) is 133 Å². The first-order chi connectivity index (χ1) is 18.0. The summed E-state index contributed by atoms with van der Waals surface area (Å²) in [6, 6.07) is -1.00. The molecule has 6 N–H and O–H groups in total. The van der Waals surface area contributed by atoms with Gasteiger partial charge in [0.05, 0.1) is 64.3 Å². The second-order valence-electron chi connectivity index (χ2n) is 11.3. The van der Waals surface area contributed by atoms with E-state index in [-0.39, 0.29) is 77.2 Å². The molecule has 12 nitrogen and oxygen atoms in total. The van der Waals surface area contributed by atoms with Crippen LogP contribution in [0.2, 0.25) is 0 Å². The summed E-state index contributed by atoms with van der Waals surface area (Å²) in [7, 11) is 3.86. The summed E-state index contributed by atoms with van der Waals surface area (Å²) in [6.07, 6.45) is 0.608. The van der Waals surface area contributed by atoms with Crippen molar-refractivity contribution in [3.63, 3.8) is 0 Å². The van der Waals surface area contributed by atoms with Crippen molar-refractivity contribution in [2.45, 2.75) is 43.6 Å². The van der Waals surface area contributed by atoms with Gasteiger partial charge in [-0.05, 0) is 20.4 Å². The van der Waals surface area contributed by atoms with Crippen molar-refractivity contribution in [2.24, 2.45) is 17.6 Å². The zero-order valence-electron chi connectivity index (χ0n) is 23.1. The van der Waals surface area contributed by atoms with Gasteiger partial charge in [0.1, 0.15) is 5.70 Å². The lowest BCUT2D eigenvalue weighted by Gasteiger charge is -2.47. The van der Waals surface area contributed by atoms with E-state index in [4.69, 9.17) is 5.73 Å². The molecular weight excluding hydrogens is 637 g/mol. The van der Waals surface area contributed by atoms with E-state index in [1.165, 1.54) is 16.7 Å². The van der Waals surface area contributed by atoms with Crippen molar-refractivity contribution in [2.75, 3.05) is 66.5 Å². The number of hydrogen-bond donors (Lipinski definition) is 5. The number of carboxylic acid groups (broad SMARTS) is 1. The predicted molar refractivity (Wildman–Crippen MR) is 144 cm³/mol. The van der Waals surface area contributed by atoms with Crippen molar-refractivity contribution in [1.82, 2.24) is 25.8 Å². The van der Waals surface area contributed by atoms with Gasteiger partial charge in [-0.3, -0.25) is 14.4 Å². The van der Waals surface area contributed by atoms with E-state index >= 15 is 0 Å². The van der Waals surface area contributed by atoms with Crippen LogP contribution >= 0.6 is 11.8 Å². The van der Waals surface area contributed by atoms with Gasteiger partial charge in [-0.2, -0.15) is 0 Å². The Labute approximate surface area is 251 Å². The lowest BCUT2D eigenvalue weighted by Crippen LogP contribution is -3.00. The van der Waals surface area contributed by atoms with Crippen molar-refractivity contribution in [1.29, 1.82) is 0 Å². The van der Waals surface area contributed by atoms with E-state index in [2.05, 4.69) is 23.0 Å². The average molecular weight is 680 g/mol. The number of quaternary nitrogens is 1. The Morgan fingerprint density at radius 3 is 2.54 bits per heavy atom. The lowest BCUT2D eigenvalue weighted by molar-refractivity contribution is -0.911. The normalized spacial score (nSPS) is 30.4. The topological polar surface area (TPSA) is 157 Å². The number of hydrogen-bond acceptors (Lipinski definition) is 8. The molecule has 14 heteroatoms. The zero-order valence-corrected chi connectivity index (χ0v) is 26.1. The molecule has 4 aliphatic heterocycles. The largest absolute Gasteiger partial charge is 1.00 e. The Kier molecular flexibility index (Phi) is 10.7. The molecule has 0 aliphatic carbocycles. The third-order valence-corrected chi connectivity index (χ3v) is 10.0. The van der Waals surface area contributed by atoms with Crippen LogP contribution in [0.5, 0.6) is 0 Å². The average Bonchev–Trinajstić information content (AvgIpc) is 3.41. The summed E-state index contributed by atoms with van der Waals surface area (Å²) in [4.78, 5) is 54.6. The first kappa shape index (κ1) is 32.1. The van der Waals surface area contributed by atoms with Crippen molar-refractivity contribution in [3.05, 3.63) is 10.6 Å². The third kappa shape index (κ3) is 6.40. The number of β-lactam (4-membered cyclic amide) rings is 1. The minimum Gasteiger partial charge on any atom is -1.00 e. The van der Waals surface area contributed by atoms with E-state index < -0.39 is 17.9 Å². The maximum atomic E-state index is 13.2. The van der Waals surface area contributed by atoms with E-state index in [0.717, 1.165) is 24.1 Å². The number of amides is 3. The Morgan fingerprint density at radius 2 is 1.95 bits per heavy atom. The van der Waals surface area contributed by atoms with Gasteiger partial charge in [0.25, 0.3) is 0 Å². The highest BCUT2D eigenvalue weighted by Gasteiger charge is 2.60. The molecule has 0 bridgehead atoms. The number of nitrogens with zero attached hydrogens (tertiary/aromatic N) is 3. The number of fused-ring (bicyclic) bond motifs is 1. The zero-order chi connectivity index (χ0) is 27.8. The molecule has 220 valence electrons. The van der Waals surface area contributed by atoms with Crippen molar-refractivity contribution >= 4 is 35.5 Å². The molecule has 0 aromatic rings. The summed E-state index contributed by atoms with van der Waals surface area (Å²) in [5.41, 5.74) is 5.80. The third-order valence-electron chi connectivity index (χ3n) is 8.54. The molecule has 3 fully saturated rings. The SMILES string of the molecule is CNCC(=O)NC(C)[C@H]1C(=O)N2C(C(=O)O)=C(S[C@@H]3CN[C@H](C(=O)N4CC[N+](C)(CCN)CC4)C3)[C@H](C)[C@H]12.[I-]. The fourth-order valence-electron chi connectivity index (χ4n) is 6.34. The van der Waals surface area contributed by atoms with Crippen molar-refractivity contribution in [3.8, 4) is 0 Å². The van der Waals surface area contributed by atoms with Crippen LogP contribution in [-0.2, 0) is 19.2 Å². The maximum absolute atomic E-state index is 13.2. The number of carboxylic acids is 1. The Hall–Kier alpha value is -1.46. The molecule has 39 heavy (non-hydrogen) atoms. The monoisotopic (exact) mass is 679 g/mol. The van der Waals surface area contributed by atoms with E-state index in [9.17, 15) is 24.3 Å². The van der Waals surface area contributed by atoms with E-state index in [1.807, 2.05) is 11.8 Å². The molecule has 4 rings (SSSR count). The highest BCUT2D eigenvalue weighted by atomic mass is 127.